The van der Waals surface area contributed by atoms with E-state index in [1.54, 1.807) is 24.2 Å². The lowest BCUT2D eigenvalue weighted by Gasteiger charge is -2.11. The first kappa shape index (κ1) is 13.1. The number of nitrogens with zero attached hydrogens (tertiary/aromatic N) is 2. The van der Waals surface area contributed by atoms with Crippen molar-refractivity contribution in [2.45, 2.75) is 13.5 Å². The van der Waals surface area contributed by atoms with Crippen LogP contribution in [-0.2, 0) is 6.54 Å². The van der Waals surface area contributed by atoms with Gasteiger partial charge in [0.1, 0.15) is 5.75 Å². The van der Waals surface area contributed by atoms with E-state index in [1.807, 2.05) is 47.7 Å². The van der Waals surface area contributed by atoms with Crippen molar-refractivity contribution in [3.8, 4) is 5.75 Å². The molecule has 0 atom stereocenters. The summed E-state index contributed by atoms with van der Waals surface area (Å²) in [6, 6.07) is 5.92. The van der Waals surface area contributed by atoms with Gasteiger partial charge in [-0.3, -0.25) is 9.36 Å². The van der Waals surface area contributed by atoms with E-state index >= 15 is 0 Å². The average molecular weight is 356 g/mol. The summed E-state index contributed by atoms with van der Waals surface area (Å²) in [5, 5.41) is 0. The molecule has 0 aliphatic rings. The summed E-state index contributed by atoms with van der Waals surface area (Å²) >= 11 is 1.99. The Hall–Kier alpha value is -1.37. The summed E-state index contributed by atoms with van der Waals surface area (Å²) in [5.74, 6) is 0.784. The summed E-state index contributed by atoms with van der Waals surface area (Å²) < 4.78 is 7.50. The fraction of sp³-hybridized carbons (Fsp3) is 0.231. The second-order valence-electron chi connectivity index (χ2n) is 3.99. The first-order chi connectivity index (χ1) is 8.61. The van der Waals surface area contributed by atoms with Crippen LogP contribution in [0.2, 0.25) is 0 Å². The molecule has 0 amide bonds. The van der Waals surface area contributed by atoms with E-state index in [-0.39, 0.29) is 5.56 Å². The SMILES string of the molecule is COc1ccc(C)cc1Cn1cncc(I)c1=O. The van der Waals surface area contributed by atoms with Gasteiger partial charge in [-0.05, 0) is 35.6 Å². The van der Waals surface area contributed by atoms with E-state index in [2.05, 4.69) is 4.98 Å². The Kier molecular flexibility index (Phi) is 4.00. The summed E-state index contributed by atoms with van der Waals surface area (Å²) in [6.07, 6.45) is 3.11. The highest BCUT2D eigenvalue weighted by Gasteiger charge is 2.07. The molecule has 1 heterocycles. The van der Waals surface area contributed by atoms with Crippen molar-refractivity contribution < 1.29 is 4.74 Å². The first-order valence-corrected chi connectivity index (χ1v) is 6.53. The molecule has 1 aromatic carbocycles. The van der Waals surface area contributed by atoms with E-state index in [0.29, 0.717) is 10.1 Å². The van der Waals surface area contributed by atoms with Crippen LogP contribution >= 0.6 is 22.6 Å². The maximum atomic E-state index is 11.9. The molecule has 0 saturated heterocycles. The minimum atomic E-state index is -0.0332. The third-order valence-electron chi connectivity index (χ3n) is 2.64. The number of ether oxygens (including phenoxy) is 1. The molecule has 0 saturated carbocycles. The largest absolute Gasteiger partial charge is 0.496 e. The van der Waals surface area contributed by atoms with Gasteiger partial charge in [-0.1, -0.05) is 17.7 Å². The van der Waals surface area contributed by atoms with Gasteiger partial charge >= 0.3 is 0 Å². The van der Waals surface area contributed by atoms with Crippen LogP contribution in [0.1, 0.15) is 11.1 Å². The van der Waals surface area contributed by atoms with Gasteiger partial charge in [0.15, 0.2) is 0 Å². The monoisotopic (exact) mass is 356 g/mol. The second kappa shape index (κ2) is 5.51. The average Bonchev–Trinajstić information content (AvgIpc) is 2.35. The van der Waals surface area contributed by atoms with Gasteiger partial charge in [0.2, 0.25) is 0 Å². The van der Waals surface area contributed by atoms with Crippen LogP contribution in [-0.4, -0.2) is 16.7 Å². The molecule has 0 spiro atoms. The number of aromatic nitrogens is 2. The zero-order valence-corrected chi connectivity index (χ0v) is 12.3. The topological polar surface area (TPSA) is 44.1 Å². The molecule has 2 rings (SSSR count). The van der Waals surface area contributed by atoms with Crippen LogP contribution in [0, 0.1) is 10.5 Å². The van der Waals surface area contributed by atoms with Crippen molar-refractivity contribution in [1.29, 1.82) is 0 Å². The minimum absolute atomic E-state index is 0.0332. The lowest BCUT2D eigenvalue weighted by molar-refractivity contribution is 0.408. The lowest BCUT2D eigenvalue weighted by Crippen LogP contribution is -2.23. The Labute approximate surface area is 119 Å². The van der Waals surface area contributed by atoms with Gasteiger partial charge < -0.3 is 4.74 Å². The van der Waals surface area contributed by atoms with Crippen molar-refractivity contribution >= 4 is 22.6 Å². The molecule has 5 heteroatoms. The molecule has 1 aromatic heterocycles. The molecule has 0 unspecified atom stereocenters. The van der Waals surface area contributed by atoms with E-state index in [4.69, 9.17) is 4.74 Å². The molecule has 2 aromatic rings. The molecular formula is C13H13IN2O2. The Balaban J connectivity index is 2.42. The number of halogens is 1. The molecule has 0 aliphatic heterocycles. The first-order valence-electron chi connectivity index (χ1n) is 5.45. The molecule has 4 nitrogen and oxygen atoms in total. The van der Waals surface area contributed by atoms with Crippen LogP contribution in [0.4, 0.5) is 0 Å². The molecule has 0 bridgehead atoms. The zero-order chi connectivity index (χ0) is 13.1. The summed E-state index contributed by atoms with van der Waals surface area (Å²) in [7, 11) is 1.63. The van der Waals surface area contributed by atoms with Crippen molar-refractivity contribution in [1.82, 2.24) is 9.55 Å². The summed E-state index contributed by atoms with van der Waals surface area (Å²) in [5.41, 5.74) is 2.08. The van der Waals surface area contributed by atoms with E-state index in [1.165, 1.54) is 0 Å². The molecular weight excluding hydrogens is 343 g/mol. The standard InChI is InChI=1S/C13H13IN2O2/c1-9-3-4-12(18-2)10(5-9)7-16-8-15-6-11(14)13(16)17/h3-6,8H,7H2,1-2H3. The van der Waals surface area contributed by atoms with Gasteiger partial charge in [-0.15, -0.1) is 0 Å². The van der Waals surface area contributed by atoms with E-state index in [0.717, 1.165) is 16.9 Å². The van der Waals surface area contributed by atoms with Crippen LogP contribution < -0.4 is 10.3 Å². The lowest BCUT2D eigenvalue weighted by atomic mass is 10.1. The Morgan fingerprint density at radius 1 is 1.44 bits per heavy atom. The van der Waals surface area contributed by atoms with Crippen molar-refractivity contribution in [2.24, 2.45) is 0 Å². The number of methoxy groups -OCH3 is 1. The highest BCUT2D eigenvalue weighted by molar-refractivity contribution is 14.1. The normalized spacial score (nSPS) is 10.4. The number of hydrogen-bond acceptors (Lipinski definition) is 3. The maximum absolute atomic E-state index is 11.9. The van der Waals surface area contributed by atoms with E-state index < -0.39 is 0 Å². The highest BCUT2D eigenvalue weighted by atomic mass is 127. The number of benzene rings is 1. The Morgan fingerprint density at radius 2 is 2.22 bits per heavy atom. The second-order valence-corrected chi connectivity index (χ2v) is 5.15. The summed E-state index contributed by atoms with van der Waals surface area (Å²) in [4.78, 5) is 16.0. The molecule has 0 N–H and O–H groups in total. The Bertz CT molecular complexity index is 623. The highest BCUT2D eigenvalue weighted by Crippen LogP contribution is 2.20. The predicted octanol–water partition coefficient (Wildman–Crippen LogP) is 2.21. The third-order valence-corrected chi connectivity index (χ3v) is 3.38. The maximum Gasteiger partial charge on any atom is 0.267 e. The molecule has 18 heavy (non-hydrogen) atoms. The van der Waals surface area contributed by atoms with Crippen molar-refractivity contribution in [3.05, 3.63) is 55.8 Å². The van der Waals surface area contributed by atoms with Gasteiger partial charge in [-0.2, -0.15) is 0 Å². The van der Waals surface area contributed by atoms with Crippen LogP contribution in [0.3, 0.4) is 0 Å². The molecule has 0 radical (unpaired) electrons. The molecule has 0 aliphatic carbocycles. The number of aryl methyl sites for hydroxylation is 1. The fourth-order valence-corrected chi connectivity index (χ4v) is 2.22. The third kappa shape index (κ3) is 2.72. The van der Waals surface area contributed by atoms with Crippen LogP contribution in [0.5, 0.6) is 5.75 Å². The smallest absolute Gasteiger partial charge is 0.267 e. The predicted molar refractivity (Wildman–Crippen MR) is 78.0 cm³/mol. The summed E-state index contributed by atoms with van der Waals surface area (Å²) in [6.45, 7) is 2.48. The zero-order valence-electron chi connectivity index (χ0n) is 10.2. The van der Waals surface area contributed by atoms with Crippen LogP contribution in [0.15, 0.2) is 35.5 Å². The van der Waals surface area contributed by atoms with Crippen molar-refractivity contribution in [2.75, 3.05) is 7.11 Å². The molecule has 94 valence electrons. The number of hydrogen-bond donors (Lipinski definition) is 0. The van der Waals surface area contributed by atoms with Gasteiger partial charge in [-0.25, -0.2) is 4.98 Å². The van der Waals surface area contributed by atoms with Crippen molar-refractivity contribution in [3.63, 3.8) is 0 Å². The van der Waals surface area contributed by atoms with E-state index in [9.17, 15) is 4.79 Å². The minimum Gasteiger partial charge on any atom is -0.496 e. The van der Waals surface area contributed by atoms with Crippen LogP contribution in [0.25, 0.3) is 0 Å². The van der Waals surface area contributed by atoms with Gasteiger partial charge in [0.05, 0.1) is 23.6 Å². The van der Waals surface area contributed by atoms with Gasteiger partial charge in [0.25, 0.3) is 5.56 Å². The van der Waals surface area contributed by atoms with Gasteiger partial charge in [0, 0.05) is 11.8 Å². The quantitative estimate of drug-likeness (QED) is 0.793. The Morgan fingerprint density at radius 3 is 2.94 bits per heavy atom. The molecule has 0 fully saturated rings. The fourth-order valence-electron chi connectivity index (χ4n) is 1.75. The number of rotatable bonds is 3.